The van der Waals surface area contributed by atoms with E-state index in [1.54, 1.807) is 55.5 Å². The molecule has 0 bridgehead atoms. The maximum Gasteiger partial charge on any atom is 0.251 e. The van der Waals surface area contributed by atoms with Crippen molar-refractivity contribution in [1.82, 2.24) is 10.3 Å². The van der Waals surface area contributed by atoms with E-state index in [-0.39, 0.29) is 17.7 Å². The predicted molar refractivity (Wildman–Crippen MR) is 119 cm³/mol. The standard InChI is InChI=1S/C23H17BrFN3O3/c1-13(26-22(30)14-5-3-2-4-6-14)21(29)27-16-8-10-20-19(12-16)28-23(31-20)17-11-15(25)7-9-18(17)24/h2-13H,1H3,(H,26,30)(H,27,29)/t13-/m0/s1. The normalized spacial score (nSPS) is 11.8. The monoisotopic (exact) mass is 481 g/mol. The molecule has 156 valence electrons. The molecule has 0 aliphatic rings. The first-order valence-corrected chi connectivity index (χ1v) is 10.2. The number of rotatable bonds is 5. The number of aromatic nitrogens is 1. The highest BCUT2D eigenvalue weighted by atomic mass is 79.9. The van der Waals surface area contributed by atoms with Crippen LogP contribution in [0.4, 0.5) is 10.1 Å². The van der Waals surface area contributed by atoms with Crippen LogP contribution in [0.1, 0.15) is 17.3 Å². The van der Waals surface area contributed by atoms with Crippen molar-refractivity contribution in [1.29, 1.82) is 0 Å². The number of carbonyl (C=O) groups excluding carboxylic acids is 2. The fraction of sp³-hybridized carbons (Fsp3) is 0.0870. The topological polar surface area (TPSA) is 84.2 Å². The number of hydrogen-bond donors (Lipinski definition) is 2. The maximum absolute atomic E-state index is 13.6. The van der Waals surface area contributed by atoms with Crippen LogP contribution in [-0.2, 0) is 4.79 Å². The second-order valence-electron chi connectivity index (χ2n) is 6.88. The van der Waals surface area contributed by atoms with Crippen molar-refractivity contribution in [3.05, 3.63) is 82.6 Å². The molecule has 0 fully saturated rings. The SMILES string of the molecule is C[C@H](NC(=O)c1ccccc1)C(=O)Nc1ccc2oc(-c3cc(F)ccc3Br)nc2c1. The second-order valence-corrected chi connectivity index (χ2v) is 7.73. The molecular weight excluding hydrogens is 465 g/mol. The predicted octanol–water partition coefficient (Wildman–Crippen LogP) is 5.15. The summed E-state index contributed by atoms with van der Waals surface area (Å²) < 4.78 is 20.0. The van der Waals surface area contributed by atoms with Crippen molar-refractivity contribution in [3.63, 3.8) is 0 Å². The third-order valence-corrected chi connectivity index (χ3v) is 5.28. The lowest BCUT2D eigenvalue weighted by molar-refractivity contribution is -0.117. The molecule has 0 unspecified atom stereocenters. The molecule has 4 aromatic rings. The molecule has 0 aliphatic carbocycles. The van der Waals surface area contributed by atoms with Gasteiger partial charge in [0.1, 0.15) is 17.4 Å². The molecule has 1 heterocycles. The van der Waals surface area contributed by atoms with E-state index < -0.39 is 11.9 Å². The van der Waals surface area contributed by atoms with E-state index >= 15 is 0 Å². The molecule has 0 radical (unpaired) electrons. The molecule has 1 aromatic heterocycles. The lowest BCUT2D eigenvalue weighted by Gasteiger charge is -2.14. The zero-order valence-corrected chi connectivity index (χ0v) is 17.9. The first-order chi connectivity index (χ1) is 14.9. The highest BCUT2D eigenvalue weighted by Gasteiger charge is 2.18. The molecule has 0 saturated heterocycles. The van der Waals surface area contributed by atoms with Crippen LogP contribution in [-0.4, -0.2) is 22.8 Å². The first-order valence-electron chi connectivity index (χ1n) is 9.43. The number of benzene rings is 3. The molecule has 6 nitrogen and oxygen atoms in total. The van der Waals surface area contributed by atoms with E-state index in [9.17, 15) is 14.0 Å². The van der Waals surface area contributed by atoms with Crippen molar-refractivity contribution < 1.29 is 18.4 Å². The van der Waals surface area contributed by atoms with Crippen LogP contribution in [0.5, 0.6) is 0 Å². The van der Waals surface area contributed by atoms with Crippen molar-refractivity contribution in [3.8, 4) is 11.5 Å². The fourth-order valence-corrected chi connectivity index (χ4v) is 3.38. The number of hydrogen-bond acceptors (Lipinski definition) is 4. The first kappa shape index (κ1) is 20.7. The van der Waals surface area contributed by atoms with Crippen LogP contribution in [0, 0.1) is 5.82 Å². The minimum absolute atomic E-state index is 0.258. The number of fused-ring (bicyclic) bond motifs is 1. The van der Waals surface area contributed by atoms with Gasteiger partial charge in [-0.15, -0.1) is 0 Å². The van der Waals surface area contributed by atoms with E-state index in [0.717, 1.165) is 0 Å². The van der Waals surface area contributed by atoms with Crippen molar-refractivity contribution in [2.45, 2.75) is 13.0 Å². The van der Waals surface area contributed by atoms with Crippen LogP contribution in [0.3, 0.4) is 0 Å². The molecule has 8 heteroatoms. The summed E-state index contributed by atoms with van der Waals surface area (Å²) in [6, 6.07) is 17.1. The molecule has 0 spiro atoms. The Kier molecular flexibility index (Phi) is 5.81. The zero-order valence-electron chi connectivity index (χ0n) is 16.4. The molecule has 31 heavy (non-hydrogen) atoms. The van der Waals surface area contributed by atoms with Gasteiger partial charge < -0.3 is 15.1 Å². The molecule has 2 N–H and O–H groups in total. The summed E-state index contributed by atoms with van der Waals surface area (Å²) in [5.74, 6) is -0.853. The molecule has 3 aromatic carbocycles. The van der Waals surface area contributed by atoms with Gasteiger partial charge in [0.15, 0.2) is 5.58 Å². The van der Waals surface area contributed by atoms with Crippen LogP contribution in [0.15, 0.2) is 75.6 Å². The molecule has 2 amide bonds. The zero-order chi connectivity index (χ0) is 22.0. The highest BCUT2D eigenvalue weighted by Crippen LogP contribution is 2.31. The average Bonchev–Trinajstić information content (AvgIpc) is 3.19. The van der Waals surface area contributed by atoms with Gasteiger partial charge in [0, 0.05) is 15.7 Å². The summed E-state index contributed by atoms with van der Waals surface area (Å²) in [6.45, 7) is 1.60. The Morgan fingerprint density at radius 2 is 1.84 bits per heavy atom. The number of oxazole rings is 1. The third kappa shape index (κ3) is 4.64. The number of nitrogens with one attached hydrogen (secondary N) is 2. The number of carbonyl (C=O) groups is 2. The van der Waals surface area contributed by atoms with Gasteiger partial charge in [0.05, 0.1) is 5.56 Å². The Labute approximate surface area is 185 Å². The quantitative estimate of drug-likeness (QED) is 0.412. The molecule has 0 aliphatic heterocycles. The van der Waals surface area contributed by atoms with E-state index in [2.05, 4.69) is 31.5 Å². The Morgan fingerprint density at radius 3 is 2.61 bits per heavy atom. The number of amides is 2. The summed E-state index contributed by atoms with van der Waals surface area (Å²) >= 11 is 3.37. The van der Waals surface area contributed by atoms with E-state index in [1.807, 2.05) is 6.07 Å². The smallest absolute Gasteiger partial charge is 0.251 e. The van der Waals surface area contributed by atoms with Gasteiger partial charge in [-0.05, 0) is 71.4 Å². The number of halogens is 2. The summed E-state index contributed by atoms with van der Waals surface area (Å²) in [4.78, 5) is 29.1. The van der Waals surface area contributed by atoms with Gasteiger partial charge in [0.25, 0.3) is 5.91 Å². The summed E-state index contributed by atoms with van der Waals surface area (Å²) in [5, 5.41) is 5.42. The van der Waals surface area contributed by atoms with E-state index in [4.69, 9.17) is 4.42 Å². The maximum atomic E-state index is 13.6. The summed E-state index contributed by atoms with van der Waals surface area (Å²) in [7, 11) is 0. The van der Waals surface area contributed by atoms with Crippen LogP contribution in [0.25, 0.3) is 22.6 Å². The van der Waals surface area contributed by atoms with E-state index in [0.29, 0.717) is 32.4 Å². The van der Waals surface area contributed by atoms with Gasteiger partial charge in [-0.3, -0.25) is 9.59 Å². The van der Waals surface area contributed by atoms with Crippen molar-refractivity contribution in [2.75, 3.05) is 5.32 Å². The molecule has 0 saturated carbocycles. The summed E-state index contributed by atoms with van der Waals surface area (Å²) in [5.41, 5.74) is 2.46. The van der Waals surface area contributed by atoms with Gasteiger partial charge >= 0.3 is 0 Å². The number of nitrogens with zero attached hydrogens (tertiary/aromatic N) is 1. The van der Waals surface area contributed by atoms with Crippen LogP contribution >= 0.6 is 15.9 Å². The van der Waals surface area contributed by atoms with Crippen LogP contribution < -0.4 is 10.6 Å². The Bertz CT molecular complexity index is 1270. The minimum atomic E-state index is -0.750. The Hall–Kier alpha value is -3.52. The Balaban J connectivity index is 1.49. The fourth-order valence-electron chi connectivity index (χ4n) is 2.97. The minimum Gasteiger partial charge on any atom is -0.436 e. The lowest BCUT2D eigenvalue weighted by atomic mass is 10.2. The van der Waals surface area contributed by atoms with Gasteiger partial charge in [0.2, 0.25) is 11.8 Å². The molecular formula is C23H17BrFN3O3. The van der Waals surface area contributed by atoms with Gasteiger partial charge in [-0.1, -0.05) is 18.2 Å². The Morgan fingerprint density at radius 1 is 1.06 bits per heavy atom. The summed E-state index contributed by atoms with van der Waals surface area (Å²) in [6.07, 6.45) is 0. The van der Waals surface area contributed by atoms with E-state index in [1.165, 1.54) is 12.1 Å². The van der Waals surface area contributed by atoms with Gasteiger partial charge in [-0.2, -0.15) is 0 Å². The van der Waals surface area contributed by atoms with Gasteiger partial charge in [-0.25, -0.2) is 9.37 Å². The molecule has 4 rings (SSSR count). The number of anilines is 1. The third-order valence-electron chi connectivity index (χ3n) is 4.59. The van der Waals surface area contributed by atoms with Crippen molar-refractivity contribution >= 4 is 44.5 Å². The average molecular weight is 482 g/mol. The highest BCUT2D eigenvalue weighted by molar-refractivity contribution is 9.10. The molecule has 1 atom stereocenters. The lowest BCUT2D eigenvalue weighted by Crippen LogP contribution is -2.41. The van der Waals surface area contributed by atoms with Crippen LogP contribution in [0.2, 0.25) is 0 Å². The largest absolute Gasteiger partial charge is 0.436 e. The van der Waals surface area contributed by atoms with Crippen molar-refractivity contribution in [2.24, 2.45) is 0 Å². The second kappa shape index (κ2) is 8.69.